The van der Waals surface area contributed by atoms with Gasteiger partial charge in [-0.3, -0.25) is 9.78 Å². The smallest absolute Gasteiger partial charge is 0.407 e. The van der Waals surface area contributed by atoms with E-state index in [0.717, 1.165) is 52.9 Å². The molecule has 10 heteroatoms. The number of carbonyl (C=O) groups excluding carboxylic acids is 2. The molecule has 0 saturated carbocycles. The van der Waals surface area contributed by atoms with Gasteiger partial charge in [0.25, 0.3) is 5.91 Å². The lowest BCUT2D eigenvalue weighted by atomic mass is 9.96. The number of rotatable bonds is 5. The van der Waals surface area contributed by atoms with E-state index in [4.69, 9.17) is 4.74 Å². The number of ether oxygens (including phenoxy) is 1. The number of benzene rings is 1. The van der Waals surface area contributed by atoms with E-state index in [2.05, 4.69) is 30.5 Å². The van der Waals surface area contributed by atoms with Crippen LogP contribution in [0.3, 0.4) is 0 Å². The summed E-state index contributed by atoms with van der Waals surface area (Å²) in [5.74, 6) is 0.156. The summed E-state index contributed by atoms with van der Waals surface area (Å²) in [6, 6.07) is 7.90. The Labute approximate surface area is 219 Å². The largest absolute Gasteiger partial charge is 0.444 e. The number of pyridine rings is 1. The van der Waals surface area contributed by atoms with Gasteiger partial charge in [-0.25, -0.2) is 14.8 Å². The molecular formula is C27H30N6O3S. The first kappa shape index (κ1) is 24.9. The average molecular weight is 519 g/mol. The summed E-state index contributed by atoms with van der Waals surface area (Å²) in [4.78, 5) is 40.5. The Morgan fingerprint density at radius 3 is 2.78 bits per heavy atom. The zero-order valence-electron chi connectivity index (χ0n) is 21.2. The molecule has 2 amide bonds. The maximum Gasteiger partial charge on any atom is 0.407 e. The van der Waals surface area contributed by atoms with Crippen LogP contribution in [0.25, 0.3) is 21.1 Å². The molecule has 0 spiro atoms. The first-order valence-electron chi connectivity index (χ1n) is 12.4. The number of thiophene rings is 1. The fraction of sp³-hybridized carbons (Fsp3) is 0.370. The number of carbonyl (C=O) groups is 2. The van der Waals surface area contributed by atoms with Gasteiger partial charge in [0.2, 0.25) is 0 Å². The molecule has 0 unspecified atom stereocenters. The summed E-state index contributed by atoms with van der Waals surface area (Å²) in [5.41, 5.74) is 3.22. The molecule has 1 aromatic carbocycles. The van der Waals surface area contributed by atoms with E-state index in [9.17, 15) is 9.59 Å². The molecule has 1 fully saturated rings. The van der Waals surface area contributed by atoms with Gasteiger partial charge in [-0.15, -0.1) is 11.3 Å². The minimum Gasteiger partial charge on any atom is -0.444 e. The second-order valence-electron chi connectivity index (χ2n) is 10.2. The minimum absolute atomic E-state index is 0.203. The van der Waals surface area contributed by atoms with Gasteiger partial charge in [0.05, 0.1) is 32.7 Å². The van der Waals surface area contributed by atoms with Gasteiger partial charge in [0.15, 0.2) is 0 Å². The van der Waals surface area contributed by atoms with E-state index in [-0.39, 0.29) is 12.0 Å². The predicted octanol–water partition coefficient (Wildman–Crippen LogP) is 5.23. The summed E-state index contributed by atoms with van der Waals surface area (Å²) in [6.45, 7) is 7.75. The second kappa shape index (κ2) is 10.3. The molecule has 192 valence electrons. The molecule has 3 aromatic heterocycles. The van der Waals surface area contributed by atoms with Crippen molar-refractivity contribution in [1.82, 2.24) is 20.3 Å². The molecule has 0 aliphatic carbocycles. The number of alkyl carbamates (subject to hydrolysis) is 1. The molecule has 1 saturated heterocycles. The van der Waals surface area contributed by atoms with Crippen molar-refractivity contribution >= 4 is 55.8 Å². The molecule has 37 heavy (non-hydrogen) atoms. The third-order valence-electron chi connectivity index (χ3n) is 6.34. The van der Waals surface area contributed by atoms with Gasteiger partial charge in [0, 0.05) is 42.8 Å². The van der Waals surface area contributed by atoms with Gasteiger partial charge in [-0.05, 0) is 57.7 Å². The summed E-state index contributed by atoms with van der Waals surface area (Å²) < 4.78 is 6.23. The normalized spacial score (nSPS) is 14.6. The van der Waals surface area contributed by atoms with Crippen molar-refractivity contribution in [3.05, 3.63) is 53.9 Å². The zero-order valence-corrected chi connectivity index (χ0v) is 22.0. The van der Waals surface area contributed by atoms with E-state index >= 15 is 0 Å². The number of hydrogen-bond acceptors (Lipinski definition) is 8. The molecule has 1 aliphatic rings. The molecule has 0 radical (unpaired) electrons. The Balaban J connectivity index is 1.32. The van der Waals surface area contributed by atoms with E-state index in [1.165, 1.54) is 17.7 Å². The van der Waals surface area contributed by atoms with Gasteiger partial charge < -0.3 is 20.3 Å². The van der Waals surface area contributed by atoms with Gasteiger partial charge in [0.1, 0.15) is 11.9 Å². The molecule has 2 N–H and O–H groups in total. The Morgan fingerprint density at radius 2 is 2.00 bits per heavy atom. The van der Waals surface area contributed by atoms with Crippen LogP contribution >= 0.6 is 11.3 Å². The fourth-order valence-electron chi connectivity index (χ4n) is 4.53. The third kappa shape index (κ3) is 5.80. The SMILES string of the molecule is CC(C)(C)OC(=O)NCC1CCN(c2cc3ncccc3cc2NC(=O)c2csc3cncnc23)CC1. The molecular weight excluding hydrogens is 488 g/mol. The number of hydrogen-bond donors (Lipinski definition) is 2. The molecule has 4 aromatic rings. The number of anilines is 2. The number of fused-ring (bicyclic) bond motifs is 2. The highest BCUT2D eigenvalue weighted by Gasteiger charge is 2.24. The second-order valence-corrected chi connectivity index (χ2v) is 11.1. The molecule has 0 bridgehead atoms. The van der Waals surface area contributed by atoms with E-state index < -0.39 is 5.60 Å². The Kier molecular flexibility index (Phi) is 6.92. The predicted molar refractivity (Wildman–Crippen MR) is 146 cm³/mol. The van der Waals surface area contributed by atoms with Gasteiger partial charge >= 0.3 is 6.09 Å². The van der Waals surface area contributed by atoms with Crippen LogP contribution < -0.4 is 15.5 Å². The van der Waals surface area contributed by atoms with Crippen LogP contribution in [-0.2, 0) is 4.74 Å². The Morgan fingerprint density at radius 1 is 1.19 bits per heavy atom. The molecule has 5 rings (SSSR count). The first-order chi connectivity index (χ1) is 17.8. The standard InChI is InChI=1S/C27H30N6O3S/c1-27(2,3)36-26(35)30-13-17-6-9-33(10-7-17)22-12-20-18(5-4-8-29-20)11-21(22)32-25(34)19-15-37-23-14-28-16-31-24(19)23/h4-5,8,11-12,14-17H,6-7,9-10,13H2,1-3H3,(H,30,35)(H,32,34). The monoisotopic (exact) mass is 518 g/mol. The third-order valence-corrected chi connectivity index (χ3v) is 7.25. The van der Waals surface area contributed by atoms with Gasteiger partial charge in [-0.2, -0.15) is 0 Å². The molecule has 4 heterocycles. The highest BCUT2D eigenvalue weighted by Crippen LogP contribution is 2.34. The number of nitrogens with one attached hydrogen (secondary N) is 2. The highest BCUT2D eigenvalue weighted by atomic mass is 32.1. The van der Waals surface area contributed by atoms with Crippen molar-refractivity contribution < 1.29 is 14.3 Å². The van der Waals surface area contributed by atoms with Crippen molar-refractivity contribution in [1.29, 1.82) is 0 Å². The van der Waals surface area contributed by atoms with Crippen molar-refractivity contribution in [2.45, 2.75) is 39.2 Å². The Hall–Kier alpha value is -3.79. The van der Waals surface area contributed by atoms with Crippen LogP contribution in [-0.4, -0.2) is 52.2 Å². The van der Waals surface area contributed by atoms with Crippen molar-refractivity contribution in [2.24, 2.45) is 5.92 Å². The number of aromatic nitrogens is 3. The lowest BCUT2D eigenvalue weighted by molar-refractivity contribution is 0.0516. The Bertz CT molecular complexity index is 1440. The van der Waals surface area contributed by atoms with Crippen molar-refractivity contribution in [2.75, 3.05) is 29.9 Å². The first-order valence-corrected chi connectivity index (χ1v) is 13.2. The van der Waals surface area contributed by atoms with Crippen molar-refractivity contribution in [3.63, 3.8) is 0 Å². The van der Waals surface area contributed by atoms with E-state index in [0.29, 0.717) is 23.5 Å². The summed E-state index contributed by atoms with van der Waals surface area (Å²) in [7, 11) is 0. The average Bonchev–Trinajstić information content (AvgIpc) is 3.31. The van der Waals surface area contributed by atoms with E-state index in [1.54, 1.807) is 12.4 Å². The van der Waals surface area contributed by atoms with Crippen LogP contribution in [0.1, 0.15) is 44.0 Å². The maximum absolute atomic E-state index is 13.3. The zero-order chi connectivity index (χ0) is 26.0. The number of nitrogens with zero attached hydrogens (tertiary/aromatic N) is 4. The van der Waals surface area contributed by atoms with Crippen LogP contribution in [0.5, 0.6) is 0 Å². The van der Waals surface area contributed by atoms with Crippen LogP contribution in [0, 0.1) is 5.92 Å². The number of amides is 2. The van der Waals surface area contributed by atoms with Crippen molar-refractivity contribution in [3.8, 4) is 0 Å². The molecule has 0 atom stereocenters. The highest BCUT2D eigenvalue weighted by molar-refractivity contribution is 7.17. The maximum atomic E-state index is 13.3. The summed E-state index contributed by atoms with van der Waals surface area (Å²) in [5, 5.41) is 8.80. The topological polar surface area (TPSA) is 109 Å². The van der Waals surface area contributed by atoms with E-state index in [1.807, 2.05) is 50.4 Å². The molecule has 1 aliphatic heterocycles. The number of piperidine rings is 1. The molecule has 9 nitrogen and oxygen atoms in total. The summed E-state index contributed by atoms with van der Waals surface area (Å²) in [6.07, 6.45) is 6.40. The van der Waals surface area contributed by atoms with Gasteiger partial charge in [-0.1, -0.05) is 6.07 Å². The van der Waals surface area contributed by atoms with Crippen LogP contribution in [0.2, 0.25) is 0 Å². The minimum atomic E-state index is -0.513. The summed E-state index contributed by atoms with van der Waals surface area (Å²) >= 11 is 1.45. The lowest BCUT2D eigenvalue weighted by Gasteiger charge is -2.35. The fourth-order valence-corrected chi connectivity index (χ4v) is 5.38. The van der Waals surface area contributed by atoms with Crippen LogP contribution in [0.4, 0.5) is 16.2 Å². The van der Waals surface area contributed by atoms with Crippen LogP contribution in [0.15, 0.2) is 48.4 Å². The quantitative estimate of drug-likeness (QED) is 0.372. The lowest BCUT2D eigenvalue weighted by Crippen LogP contribution is -2.40.